The molecule has 1 saturated heterocycles. The molecule has 0 aliphatic carbocycles. The van der Waals surface area contributed by atoms with Gasteiger partial charge in [-0.05, 0) is 40.6 Å². The molecule has 0 aromatic carbocycles. The first kappa shape index (κ1) is 35.6. The molecule has 0 saturated carbocycles. The van der Waals surface area contributed by atoms with E-state index in [1.807, 2.05) is 26.0 Å². The van der Waals surface area contributed by atoms with Gasteiger partial charge in [-0.15, -0.1) is 0 Å². The molecule has 0 amide bonds. The van der Waals surface area contributed by atoms with Crippen molar-refractivity contribution in [1.82, 2.24) is 19.8 Å². The zero-order chi connectivity index (χ0) is 31.7. The maximum Gasteiger partial charge on any atom is 0.354 e. The Balaban J connectivity index is 1.55. The summed E-state index contributed by atoms with van der Waals surface area (Å²) in [6.07, 6.45) is 0.529. The molecule has 44 heavy (non-hydrogen) atoms. The van der Waals surface area contributed by atoms with Crippen molar-refractivity contribution in [3.63, 3.8) is 0 Å². The maximum atomic E-state index is 11.8. The van der Waals surface area contributed by atoms with Crippen LogP contribution >= 0.6 is 12.2 Å². The van der Waals surface area contributed by atoms with Crippen molar-refractivity contribution in [2.45, 2.75) is 33.4 Å². The summed E-state index contributed by atoms with van der Waals surface area (Å²) in [6, 6.07) is 8.51. The maximum absolute atomic E-state index is 11.8. The number of hydrogen-bond donors (Lipinski definition) is 2. The number of aromatic nitrogens is 2. The van der Waals surface area contributed by atoms with E-state index in [1.165, 1.54) is 6.07 Å². The van der Waals surface area contributed by atoms with Gasteiger partial charge in [-0.1, -0.05) is 32.1 Å². The summed E-state index contributed by atoms with van der Waals surface area (Å²) in [4.78, 5) is 36.8. The van der Waals surface area contributed by atoms with Crippen molar-refractivity contribution in [3.05, 3.63) is 58.7 Å². The molecule has 0 radical (unpaired) electrons. The first-order valence-corrected chi connectivity index (χ1v) is 15.3. The van der Waals surface area contributed by atoms with E-state index in [2.05, 4.69) is 19.8 Å². The molecule has 0 unspecified atom stereocenters. The molecule has 13 heteroatoms. The summed E-state index contributed by atoms with van der Waals surface area (Å²) >= 11 is 5.50. The Hall–Kier alpha value is -2.91. The number of pyridine rings is 2. The summed E-state index contributed by atoms with van der Waals surface area (Å²) in [6.45, 7) is 11.1. The lowest BCUT2D eigenvalue weighted by Crippen LogP contribution is -2.33. The molecule has 1 aliphatic rings. The zero-order valence-corrected chi connectivity index (χ0v) is 26.4. The van der Waals surface area contributed by atoms with Crippen molar-refractivity contribution in [1.29, 1.82) is 0 Å². The van der Waals surface area contributed by atoms with Gasteiger partial charge in [0, 0.05) is 45.7 Å². The summed E-state index contributed by atoms with van der Waals surface area (Å²) in [5.41, 5.74) is 2.21. The topological polar surface area (TPSA) is 144 Å². The van der Waals surface area contributed by atoms with Gasteiger partial charge in [0.15, 0.2) is 0 Å². The first-order chi connectivity index (χ1) is 21.2. The highest BCUT2D eigenvalue weighted by Gasteiger charge is 2.15. The van der Waals surface area contributed by atoms with E-state index in [1.54, 1.807) is 12.1 Å². The fourth-order valence-corrected chi connectivity index (χ4v) is 4.62. The van der Waals surface area contributed by atoms with Gasteiger partial charge in [0.1, 0.15) is 11.4 Å². The molecule has 242 valence electrons. The number of carboxylic acids is 2. The van der Waals surface area contributed by atoms with Crippen LogP contribution in [-0.4, -0.2) is 126 Å². The van der Waals surface area contributed by atoms with E-state index in [9.17, 15) is 19.8 Å². The number of rotatable bonds is 9. The molecule has 12 nitrogen and oxygen atoms in total. The van der Waals surface area contributed by atoms with Crippen LogP contribution in [0, 0.1) is 5.92 Å². The second-order valence-corrected chi connectivity index (χ2v) is 11.3. The number of nitrogens with zero attached hydrogens (tertiary/aromatic N) is 4. The number of ether oxygens (including phenoxy) is 4. The molecule has 2 N–H and O–H groups in total. The minimum atomic E-state index is -1.07. The lowest BCUT2D eigenvalue weighted by molar-refractivity contribution is 0.00597. The third-order valence-corrected chi connectivity index (χ3v) is 7.54. The molecule has 3 rings (SSSR count). The van der Waals surface area contributed by atoms with Crippen LogP contribution in [0.4, 0.5) is 0 Å². The van der Waals surface area contributed by atoms with E-state index in [-0.39, 0.29) is 17.3 Å². The predicted octanol–water partition coefficient (Wildman–Crippen LogP) is 2.83. The number of aromatic carboxylic acids is 2. The van der Waals surface area contributed by atoms with Crippen molar-refractivity contribution >= 4 is 29.0 Å². The number of carboxylic acid groups (broad SMARTS) is 2. The fraction of sp³-hybridized carbons (Fsp3) is 0.581. The monoisotopic (exact) mass is 632 g/mol. The Bertz CT molecular complexity index is 1190. The molecule has 0 bridgehead atoms. The molecule has 0 atom stereocenters. The Morgan fingerprint density at radius 3 is 1.70 bits per heavy atom. The Morgan fingerprint density at radius 2 is 1.23 bits per heavy atom. The summed E-state index contributed by atoms with van der Waals surface area (Å²) in [5.74, 6) is -1.90. The molecule has 0 spiro atoms. The molecular formula is C31H44N4O8S. The van der Waals surface area contributed by atoms with Crippen LogP contribution < -0.4 is 0 Å². The predicted molar refractivity (Wildman–Crippen MR) is 167 cm³/mol. The van der Waals surface area contributed by atoms with Gasteiger partial charge in [-0.2, -0.15) is 0 Å². The van der Waals surface area contributed by atoms with Crippen LogP contribution in [-0.2, 0) is 38.5 Å². The van der Waals surface area contributed by atoms with E-state index in [4.69, 9.17) is 31.2 Å². The Morgan fingerprint density at radius 1 is 0.750 bits per heavy atom. The van der Waals surface area contributed by atoms with E-state index in [0.29, 0.717) is 110 Å². The van der Waals surface area contributed by atoms with E-state index >= 15 is 0 Å². The summed E-state index contributed by atoms with van der Waals surface area (Å²) in [7, 11) is 0. The molecule has 2 aromatic heterocycles. The minimum Gasteiger partial charge on any atom is -0.477 e. The number of hydrogen-bond acceptors (Lipinski definition) is 11. The van der Waals surface area contributed by atoms with Crippen molar-refractivity contribution < 1.29 is 38.7 Å². The lowest BCUT2D eigenvalue weighted by Gasteiger charge is -2.23. The van der Waals surface area contributed by atoms with Crippen LogP contribution in [0.2, 0.25) is 0 Å². The molecule has 2 aromatic rings. The Labute approximate surface area is 264 Å². The van der Waals surface area contributed by atoms with Crippen molar-refractivity contribution in [2.24, 2.45) is 5.92 Å². The SMILES string of the molecule is CC(C)C(=S)Cc1cc(CN2CCOCCOCCN(Cc3cccc(C(=O)O)n3)CCOCCOCC2)nc(C(=O)O)c1. The van der Waals surface area contributed by atoms with Crippen molar-refractivity contribution in [2.75, 3.05) is 79.0 Å². The van der Waals surface area contributed by atoms with Crippen LogP contribution in [0.3, 0.4) is 0 Å². The second-order valence-electron chi connectivity index (χ2n) is 10.8. The van der Waals surface area contributed by atoms with Gasteiger partial charge in [0.05, 0.1) is 64.2 Å². The number of carbonyl (C=O) groups is 2. The average molecular weight is 633 g/mol. The largest absolute Gasteiger partial charge is 0.477 e. The standard InChI is InChI=1S/C31H44N4O8S/c1-23(2)29(44)20-24-18-26(33-28(19-24)31(38)39)22-35-8-12-42-16-14-40-10-6-34(7-11-41-15-17-43-13-9-35)21-25-4-3-5-27(32-25)30(36)37/h3-5,18-19,23H,6-17,20-22H2,1-2H3,(H,36,37)(H,38,39). The van der Waals surface area contributed by atoms with Crippen LogP contribution in [0.5, 0.6) is 0 Å². The average Bonchev–Trinajstić information content (AvgIpc) is 2.98. The van der Waals surface area contributed by atoms with Gasteiger partial charge >= 0.3 is 11.9 Å². The summed E-state index contributed by atoms with van der Waals surface area (Å²) in [5, 5.41) is 18.9. The third kappa shape index (κ3) is 13.4. The van der Waals surface area contributed by atoms with Crippen LogP contribution in [0.15, 0.2) is 30.3 Å². The van der Waals surface area contributed by atoms with Crippen LogP contribution in [0.1, 0.15) is 51.8 Å². The lowest BCUT2D eigenvalue weighted by atomic mass is 10.0. The molecule has 1 fully saturated rings. The van der Waals surface area contributed by atoms with Gasteiger partial charge < -0.3 is 29.2 Å². The van der Waals surface area contributed by atoms with Gasteiger partial charge in [-0.3, -0.25) is 9.80 Å². The molecule has 1 aliphatic heterocycles. The molecular weight excluding hydrogens is 588 g/mol. The highest BCUT2D eigenvalue weighted by atomic mass is 32.1. The van der Waals surface area contributed by atoms with Gasteiger partial charge in [0.25, 0.3) is 0 Å². The highest BCUT2D eigenvalue weighted by molar-refractivity contribution is 7.80. The number of thiocarbonyl (C=S) groups is 1. The molecule has 3 heterocycles. The smallest absolute Gasteiger partial charge is 0.354 e. The van der Waals surface area contributed by atoms with E-state index in [0.717, 1.165) is 10.4 Å². The van der Waals surface area contributed by atoms with Gasteiger partial charge in [0.2, 0.25) is 0 Å². The van der Waals surface area contributed by atoms with E-state index < -0.39 is 11.9 Å². The quantitative estimate of drug-likeness (QED) is 0.392. The normalized spacial score (nSPS) is 17.5. The Kier molecular flexibility index (Phi) is 15.7. The third-order valence-electron chi connectivity index (χ3n) is 6.93. The summed E-state index contributed by atoms with van der Waals surface area (Å²) < 4.78 is 23.3. The van der Waals surface area contributed by atoms with Crippen molar-refractivity contribution in [3.8, 4) is 0 Å². The zero-order valence-electron chi connectivity index (χ0n) is 25.6. The minimum absolute atomic E-state index is 0.0100. The van der Waals surface area contributed by atoms with Gasteiger partial charge in [-0.25, -0.2) is 19.6 Å². The second kappa shape index (κ2) is 19.5. The van der Waals surface area contributed by atoms with Crippen LogP contribution in [0.25, 0.3) is 0 Å². The first-order valence-electron chi connectivity index (χ1n) is 14.9. The highest BCUT2D eigenvalue weighted by Crippen LogP contribution is 2.14. The fourth-order valence-electron chi connectivity index (χ4n) is 4.45.